The second kappa shape index (κ2) is 10.6. The maximum Gasteiger partial charge on any atom is 0.341 e. The Kier molecular flexibility index (Phi) is 8.11. The molecule has 0 radical (unpaired) electrons. The second-order valence-corrected chi connectivity index (χ2v) is 9.61. The van der Waals surface area contributed by atoms with Crippen LogP contribution >= 0.6 is 11.3 Å². The highest BCUT2D eigenvalue weighted by molar-refractivity contribution is 7.17. The van der Waals surface area contributed by atoms with E-state index < -0.39 is 0 Å². The average molecular weight is 451 g/mol. The van der Waals surface area contributed by atoms with E-state index in [-0.39, 0.29) is 29.8 Å². The quantitative estimate of drug-likeness (QED) is 0.639. The lowest BCUT2D eigenvalue weighted by atomic mass is 9.88. The number of piperidine rings is 1. The van der Waals surface area contributed by atoms with Crippen LogP contribution in [0.2, 0.25) is 0 Å². The SMILES string of the molecule is CCOC(=O)c1c(NC(=O)C(C)N2CCC(C(=O)OCC)CC2)sc2c1CCC(C)C2. The molecular weight excluding hydrogens is 416 g/mol. The molecule has 2 aliphatic rings. The highest BCUT2D eigenvalue weighted by Crippen LogP contribution is 2.40. The van der Waals surface area contributed by atoms with Crippen LogP contribution in [0.15, 0.2) is 0 Å². The van der Waals surface area contributed by atoms with E-state index in [0.29, 0.717) is 55.6 Å². The molecule has 1 fully saturated rings. The number of nitrogens with zero attached hydrogens (tertiary/aromatic N) is 1. The molecule has 1 saturated heterocycles. The van der Waals surface area contributed by atoms with Gasteiger partial charge in [-0.25, -0.2) is 4.79 Å². The van der Waals surface area contributed by atoms with Gasteiger partial charge >= 0.3 is 11.9 Å². The lowest BCUT2D eigenvalue weighted by Crippen LogP contribution is -2.47. The number of nitrogens with one attached hydrogen (secondary N) is 1. The predicted molar refractivity (Wildman–Crippen MR) is 120 cm³/mol. The van der Waals surface area contributed by atoms with Crippen molar-refractivity contribution in [1.82, 2.24) is 4.90 Å². The zero-order valence-electron chi connectivity index (χ0n) is 19.0. The van der Waals surface area contributed by atoms with Gasteiger partial charge in [0.2, 0.25) is 5.91 Å². The van der Waals surface area contributed by atoms with Crippen molar-refractivity contribution in [2.75, 3.05) is 31.6 Å². The monoisotopic (exact) mass is 450 g/mol. The van der Waals surface area contributed by atoms with Crippen LogP contribution in [0, 0.1) is 11.8 Å². The zero-order chi connectivity index (χ0) is 22.5. The van der Waals surface area contributed by atoms with Crippen LogP contribution in [0.25, 0.3) is 0 Å². The molecule has 31 heavy (non-hydrogen) atoms. The van der Waals surface area contributed by atoms with E-state index in [1.807, 2.05) is 13.8 Å². The summed E-state index contributed by atoms with van der Waals surface area (Å²) in [4.78, 5) is 40.9. The first-order valence-corrected chi connectivity index (χ1v) is 12.2. The molecule has 2 unspecified atom stereocenters. The number of ether oxygens (including phenoxy) is 2. The van der Waals surface area contributed by atoms with Crippen molar-refractivity contribution in [3.05, 3.63) is 16.0 Å². The van der Waals surface area contributed by atoms with Crippen molar-refractivity contribution in [3.63, 3.8) is 0 Å². The summed E-state index contributed by atoms with van der Waals surface area (Å²) in [5.74, 6) is -0.145. The Morgan fingerprint density at radius 1 is 1.13 bits per heavy atom. The van der Waals surface area contributed by atoms with E-state index in [9.17, 15) is 14.4 Å². The highest BCUT2D eigenvalue weighted by Gasteiger charge is 2.33. The average Bonchev–Trinajstić information content (AvgIpc) is 3.10. The van der Waals surface area contributed by atoms with Crippen LogP contribution in [0.5, 0.6) is 0 Å². The second-order valence-electron chi connectivity index (χ2n) is 8.50. The fourth-order valence-corrected chi connectivity index (χ4v) is 5.82. The van der Waals surface area contributed by atoms with Crippen molar-refractivity contribution < 1.29 is 23.9 Å². The van der Waals surface area contributed by atoms with Gasteiger partial charge in [-0.3, -0.25) is 14.5 Å². The minimum atomic E-state index is -0.354. The summed E-state index contributed by atoms with van der Waals surface area (Å²) >= 11 is 1.51. The van der Waals surface area contributed by atoms with E-state index in [1.165, 1.54) is 16.2 Å². The largest absolute Gasteiger partial charge is 0.466 e. The Hall–Kier alpha value is -1.93. The predicted octanol–water partition coefficient (Wildman–Crippen LogP) is 3.65. The molecule has 1 aromatic rings. The zero-order valence-corrected chi connectivity index (χ0v) is 19.8. The van der Waals surface area contributed by atoms with Crippen molar-refractivity contribution in [2.45, 2.75) is 65.8 Å². The van der Waals surface area contributed by atoms with Gasteiger partial charge in [0.15, 0.2) is 0 Å². The topological polar surface area (TPSA) is 84.9 Å². The number of likely N-dealkylation sites (tertiary alicyclic amines) is 1. The third-order valence-electron chi connectivity index (χ3n) is 6.30. The molecule has 1 aliphatic carbocycles. The van der Waals surface area contributed by atoms with Gasteiger partial charge in [0.25, 0.3) is 0 Å². The minimum Gasteiger partial charge on any atom is -0.466 e. The molecule has 0 saturated carbocycles. The molecular formula is C23H34N2O5S. The Morgan fingerprint density at radius 2 is 1.81 bits per heavy atom. The van der Waals surface area contributed by atoms with Gasteiger partial charge in [0.05, 0.1) is 30.7 Å². The lowest BCUT2D eigenvalue weighted by Gasteiger charge is -2.34. The van der Waals surface area contributed by atoms with Crippen LogP contribution in [0.4, 0.5) is 5.00 Å². The number of hydrogen-bond donors (Lipinski definition) is 1. The van der Waals surface area contributed by atoms with Gasteiger partial charge < -0.3 is 14.8 Å². The fraction of sp³-hybridized carbons (Fsp3) is 0.696. The summed E-state index contributed by atoms with van der Waals surface area (Å²) < 4.78 is 10.4. The normalized spacial score (nSPS) is 20.6. The molecule has 2 atom stereocenters. The van der Waals surface area contributed by atoms with Gasteiger partial charge in [-0.1, -0.05) is 6.92 Å². The Morgan fingerprint density at radius 3 is 2.45 bits per heavy atom. The molecule has 1 aromatic heterocycles. The summed E-state index contributed by atoms with van der Waals surface area (Å²) in [5, 5.41) is 3.63. The summed E-state index contributed by atoms with van der Waals surface area (Å²) in [6.45, 7) is 9.73. The van der Waals surface area contributed by atoms with Gasteiger partial charge in [-0.2, -0.15) is 0 Å². The molecule has 0 spiro atoms. The number of thiophene rings is 1. The number of esters is 2. The lowest BCUT2D eigenvalue weighted by molar-refractivity contribution is -0.149. The van der Waals surface area contributed by atoms with E-state index >= 15 is 0 Å². The highest BCUT2D eigenvalue weighted by atomic mass is 32.1. The molecule has 1 aliphatic heterocycles. The summed E-state index contributed by atoms with van der Waals surface area (Å²) in [5.41, 5.74) is 1.58. The molecule has 3 rings (SSSR count). The first-order valence-electron chi connectivity index (χ1n) is 11.4. The molecule has 8 heteroatoms. The minimum absolute atomic E-state index is 0.0899. The third-order valence-corrected chi connectivity index (χ3v) is 7.47. The number of fused-ring (bicyclic) bond motifs is 1. The molecule has 172 valence electrons. The van der Waals surface area contributed by atoms with Crippen LogP contribution in [0.1, 0.15) is 67.8 Å². The van der Waals surface area contributed by atoms with Gasteiger partial charge in [0, 0.05) is 4.88 Å². The maximum atomic E-state index is 13.0. The van der Waals surface area contributed by atoms with Crippen LogP contribution in [-0.2, 0) is 31.9 Å². The number of carbonyl (C=O) groups excluding carboxylic acids is 3. The number of rotatable bonds is 7. The smallest absolute Gasteiger partial charge is 0.341 e. The molecule has 1 N–H and O–H groups in total. The van der Waals surface area contributed by atoms with Crippen LogP contribution in [-0.4, -0.2) is 55.1 Å². The summed E-state index contributed by atoms with van der Waals surface area (Å²) in [6, 6.07) is -0.351. The number of hydrogen-bond acceptors (Lipinski definition) is 7. The molecule has 0 aromatic carbocycles. The van der Waals surface area contributed by atoms with E-state index in [1.54, 1.807) is 6.92 Å². The molecule has 1 amide bonds. The summed E-state index contributed by atoms with van der Waals surface area (Å²) in [6.07, 6.45) is 4.19. The van der Waals surface area contributed by atoms with Crippen molar-refractivity contribution >= 4 is 34.2 Å². The van der Waals surface area contributed by atoms with Crippen LogP contribution < -0.4 is 5.32 Å². The molecule has 0 bridgehead atoms. The summed E-state index contributed by atoms with van der Waals surface area (Å²) in [7, 11) is 0. The van der Waals surface area contributed by atoms with Crippen LogP contribution in [0.3, 0.4) is 0 Å². The number of amides is 1. The Labute approximate surface area is 188 Å². The van der Waals surface area contributed by atoms with E-state index in [2.05, 4.69) is 17.1 Å². The number of carbonyl (C=O) groups is 3. The van der Waals surface area contributed by atoms with Crippen molar-refractivity contribution in [2.24, 2.45) is 11.8 Å². The Balaban J connectivity index is 1.68. The van der Waals surface area contributed by atoms with Gasteiger partial charge in [0.1, 0.15) is 5.00 Å². The fourth-order valence-electron chi connectivity index (χ4n) is 4.42. The van der Waals surface area contributed by atoms with Crippen molar-refractivity contribution in [1.29, 1.82) is 0 Å². The van der Waals surface area contributed by atoms with Crippen molar-refractivity contribution in [3.8, 4) is 0 Å². The van der Waals surface area contributed by atoms with Gasteiger partial charge in [-0.05, 0) is 77.4 Å². The molecule has 7 nitrogen and oxygen atoms in total. The number of anilines is 1. The molecule has 2 heterocycles. The first-order chi connectivity index (χ1) is 14.8. The Bertz CT molecular complexity index is 813. The third kappa shape index (κ3) is 5.47. The maximum absolute atomic E-state index is 13.0. The standard InChI is InChI=1S/C23H34N2O5S/c1-5-29-22(27)16-9-11-25(12-10-16)15(4)20(26)24-21-19(23(28)30-6-2)17-8-7-14(3)13-18(17)31-21/h14-16H,5-13H2,1-4H3,(H,24,26). The van der Waals surface area contributed by atoms with Gasteiger partial charge in [-0.15, -0.1) is 11.3 Å². The van der Waals surface area contributed by atoms with E-state index in [4.69, 9.17) is 9.47 Å². The first kappa shape index (κ1) is 23.7. The van der Waals surface area contributed by atoms with E-state index in [0.717, 1.165) is 24.8 Å².